The molecule has 0 aliphatic heterocycles. The normalized spacial score (nSPS) is 13.8. The van der Waals surface area contributed by atoms with Gasteiger partial charge in [-0.2, -0.15) is 0 Å². The predicted molar refractivity (Wildman–Crippen MR) is 119 cm³/mol. The fourth-order valence-corrected chi connectivity index (χ4v) is 5.06. The van der Waals surface area contributed by atoms with Gasteiger partial charge in [0, 0.05) is 30.2 Å². The van der Waals surface area contributed by atoms with Crippen molar-refractivity contribution in [3.63, 3.8) is 0 Å². The highest BCUT2D eigenvalue weighted by molar-refractivity contribution is 7.65. The lowest BCUT2D eigenvalue weighted by Crippen LogP contribution is -2.18. The Kier molecular flexibility index (Phi) is 6.67. The molecule has 0 unspecified atom stereocenters. The van der Waals surface area contributed by atoms with Crippen LogP contribution in [0, 0.1) is 0 Å². The molecule has 1 heterocycles. The number of hydrogen-bond donors (Lipinski definition) is 1. The first kappa shape index (κ1) is 22.9. The SMILES string of the molecule is COP(=O)(OC)/C(=C/c1cccs1)c1cc(C(C)(C)C)c(O)c(C(C)(C)C)c1. The number of phenols is 1. The van der Waals surface area contributed by atoms with Crippen molar-refractivity contribution in [3.05, 3.63) is 51.2 Å². The van der Waals surface area contributed by atoms with E-state index >= 15 is 0 Å². The van der Waals surface area contributed by atoms with Gasteiger partial charge < -0.3 is 14.2 Å². The Labute approximate surface area is 172 Å². The molecule has 0 spiro atoms. The third kappa shape index (κ3) is 4.77. The van der Waals surface area contributed by atoms with Crippen LogP contribution in [-0.4, -0.2) is 19.3 Å². The number of rotatable bonds is 5. The number of phenolic OH excluding ortho intramolecular Hbond substituents is 1. The molecule has 4 nitrogen and oxygen atoms in total. The molecule has 2 rings (SSSR count). The van der Waals surface area contributed by atoms with Crippen LogP contribution in [0.3, 0.4) is 0 Å². The van der Waals surface area contributed by atoms with Crippen LogP contribution in [-0.2, 0) is 24.4 Å². The molecule has 2 aromatic rings. The first-order valence-electron chi connectivity index (χ1n) is 9.19. The zero-order valence-corrected chi connectivity index (χ0v) is 19.7. The molecule has 154 valence electrons. The van der Waals surface area contributed by atoms with Crippen LogP contribution in [0.15, 0.2) is 29.6 Å². The van der Waals surface area contributed by atoms with Crippen molar-refractivity contribution in [1.82, 2.24) is 0 Å². The van der Waals surface area contributed by atoms with Gasteiger partial charge >= 0.3 is 7.60 Å². The van der Waals surface area contributed by atoms with Crippen molar-refractivity contribution in [2.75, 3.05) is 14.2 Å². The standard InChI is InChI=1S/C22H31O4PS/c1-21(2,3)17-12-15(13-18(20(17)23)22(4,5)6)19(27(24,25-7)26-8)14-16-10-9-11-28-16/h9-14,23H,1-8H3/b19-14+. The zero-order valence-electron chi connectivity index (χ0n) is 18.0. The van der Waals surface area contributed by atoms with E-state index in [4.69, 9.17) is 9.05 Å². The monoisotopic (exact) mass is 422 g/mol. The van der Waals surface area contributed by atoms with Crippen LogP contribution >= 0.6 is 18.9 Å². The molecule has 1 aromatic heterocycles. The summed E-state index contributed by atoms with van der Waals surface area (Å²) < 4.78 is 24.1. The Morgan fingerprint density at radius 3 is 1.89 bits per heavy atom. The minimum absolute atomic E-state index is 0.281. The lowest BCUT2D eigenvalue weighted by Gasteiger charge is -2.29. The van der Waals surface area contributed by atoms with Crippen LogP contribution < -0.4 is 0 Å². The lowest BCUT2D eigenvalue weighted by atomic mass is 9.78. The van der Waals surface area contributed by atoms with Gasteiger partial charge in [0.1, 0.15) is 5.75 Å². The van der Waals surface area contributed by atoms with Gasteiger partial charge in [-0.25, -0.2) is 0 Å². The van der Waals surface area contributed by atoms with E-state index in [2.05, 4.69) is 0 Å². The highest BCUT2D eigenvalue weighted by Gasteiger charge is 2.33. The average molecular weight is 423 g/mol. The van der Waals surface area contributed by atoms with Gasteiger partial charge in [-0.05, 0) is 46.0 Å². The Bertz CT molecular complexity index is 857. The predicted octanol–water partition coefficient (Wildman–Crippen LogP) is 7.03. The maximum Gasteiger partial charge on any atom is 0.361 e. The maximum atomic E-state index is 13.4. The van der Waals surface area contributed by atoms with Gasteiger partial charge in [-0.1, -0.05) is 47.6 Å². The van der Waals surface area contributed by atoms with Gasteiger partial charge in [0.2, 0.25) is 0 Å². The third-order valence-corrected chi connectivity index (χ3v) is 7.38. The molecule has 0 amide bonds. The van der Waals surface area contributed by atoms with Gasteiger partial charge in [0.25, 0.3) is 0 Å². The summed E-state index contributed by atoms with van der Waals surface area (Å²) in [5, 5.41) is 13.4. The van der Waals surface area contributed by atoms with Gasteiger partial charge in [0.05, 0.1) is 5.31 Å². The van der Waals surface area contributed by atoms with Crippen molar-refractivity contribution in [2.24, 2.45) is 0 Å². The summed E-state index contributed by atoms with van der Waals surface area (Å²) in [7, 11) is -0.745. The fraction of sp³-hybridized carbons (Fsp3) is 0.455. The van der Waals surface area contributed by atoms with E-state index in [1.54, 1.807) is 11.3 Å². The summed E-state index contributed by atoms with van der Waals surface area (Å²) in [4.78, 5) is 0.951. The Morgan fingerprint density at radius 1 is 1.04 bits per heavy atom. The van der Waals surface area contributed by atoms with E-state index in [0.29, 0.717) is 5.31 Å². The maximum absolute atomic E-state index is 13.4. The molecule has 0 bridgehead atoms. The lowest BCUT2D eigenvalue weighted by molar-refractivity contribution is 0.288. The Hall–Kier alpha value is -1.39. The third-order valence-electron chi connectivity index (χ3n) is 4.62. The molecule has 0 saturated carbocycles. The van der Waals surface area contributed by atoms with Crippen LogP contribution in [0.4, 0.5) is 0 Å². The molecule has 6 heteroatoms. The van der Waals surface area contributed by atoms with Crippen molar-refractivity contribution >= 4 is 30.3 Å². The summed E-state index contributed by atoms with van der Waals surface area (Å²) in [6, 6.07) is 7.69. The molecule has 0 saturated heterocycles. The molecule has 0 fully saturated rings. The van der Waals surface area contributed by atoms with E-state index in [1.165, 1.54) is 14.2 Å². The highest BCUT2D eigenvalue weighted by Crippen LogP contribution is 2.61. The second kappa shape index (κ2) is 8.16. The van der Waals surface area contributed by atoms with E-state index in [9.17, 15) is 9.67 Å². The van der Waals surface area contributed by atoms with E-state index in [-0.39, 0.29) is 16.6 Å². The molecule has 28 heavy (non-hydrogen) atoms. The first-order valence-corrected chi connectivity index (χ1v) is 11.6. The Balaban J connectivity index is 2.89. The molecule has 1 aromatic carbocycles. The molecular weight excluding hydrogens is 391 g/mol. The summed E-state index contributed by atoms with van der Waals surface area (Å²) in [5.41, 5.74) is 1.74. The summed E-state index contributed by atoms with van der Waals surface area (Å²) in [5.74, 6) is 0.281. The second-order valence-corrected chi connectivity index (χ2v) is 12.0. The van der Waals surface area contributed by atoms with E-state index < -0.39 is 7.60 Å². The molecule has 1 N–H and O–H groups in total. The summed E-state index contributed by atoms with van der Waals surface area (Å²) >= 11 is 1.55. The second-order valence-electron chi connectivity index (χ2n) is 8.83. The van der Waals surface area contributed by atoms with Crippen molar-refractivity contribution < 1.29 is 18.7 Å². The largest absolute Gasteiger partial charge is 0.507 e. The van der Waals surface area contributed by atoms with Crippen LogP contribution in [0.5, 0.6) is 5.75 Å². The molecule has 0 aliphatic carbocycles. The van der Waals surface area contributed by atoms with E-state index in [0.717, 1.165) is 21.6 Å². The van der Waals surface area contributed by atoms with Crippen LogP contribution in [0.1, 0.15) is 63.1 Å². The number of hydrogen-bond acceptors (Lipinski definition) is 5. The average Bonchev–Trinajstić information content (AvgIpc) is 3.10. The zero-order chi connectivity index (χ0) is 21.3. The van der Waals surface area contributed by atoms with Crippen LogP contribution in [0.25, 0.3) is 11.4 Å². The van der Waals surface area contributed by atoms with Crippen molar-refractivity contribution in [1.29, 1.82) is 0 Å². The quantitative estimate of drug-likeness (QED) is 0.525. The van der Waals surface area contributed by atoms with Crippen molar-refractivity contribution in [3.8, 4) is 5.75 Å². The smallest absolute Gasteiger partial charge is 0.361 e. The molecule has 0 aliphatic rings. The fourth-order valence-electron chi connectivity index (χ4n) is 3.03. The topological polar surface area (TPSA) is 55.8 Å². The minimum atomic E-state index is -3.53. The minimum Gasteiger partial charge on any atom is -0.507 e. The number of thiophene rings is 1. The first-order chi connectivity index (χ1) is 12.8. The van der Waals surface area contributed by atoms with Gasteiger partial charge in [0.15, 0.2) is 0 Å². The van der Waals surface area contributed by atoms with Crippen molar-refractivity contribution in [2.45, 2.75) is 52.4 Å². The van der Waals surface area contributed by atoms with Crippen LogP contribution in [0.2, 0.25) is 0 Å². The Morgan fingerprint density at radius 2 is 1.54 bits per heavy atom. The number of aromatic hydroxyl groups is 1. The number of benzene rings is 1. The molecular formula is C22H31O4PS. The van der Waals surface area contributed by atoms with E-state index in [1.807, 2.05) is 77.3 Å². The molecule has 0 radical (unpaired) electrons. The molecule has 0 atom stereocenters. The van der Waals surface area contributed by atoms with Gasteiger partial charge in [-0.3, -0.25) is 4.57 Å². The summed E-state index contributed by atoms with van der Waals surface area (Å²) in [6.07, 6.45) is 1.85. The van der Waals surface area contributed by atoms with Gasteiger partial charge in [-0.15, -0.1) is 11.3 Å². The highest BCUT2D eigenvalue weighted by atomic mass is 32.1. The summed E-state index contributed by atoms with van der Waals surface area (Å²) in [6.45, 7) is 12.3.